The SMILES string of the molecule is CCOc1ncccc1CNC(=O)/C=C/c1ccc(NC(C)=O)cc1. The Hall–Kier alpha value is -3.15. The van der Waals surface area contributed by atoms with Gasteiger partial charge >= 0.3 is 0 Å². The van der Waals surface area contributed by atoms with Gasteiger partial charge in [-0.05, 0) is 36.8 Å². The van der Waals surface area contributed by atoms with E-state index in [0.29, 0.717) is 24.7 Å². The van der Waals surface area contributed by atoms with E-state index in [0.717, 1.165) is 11.1 Å². The molecule has 6 nitrogen and oxygen atoms in total. The average Bonchev–Trinajstić information content (AvgIpc) is 2.60. The predicted octanol–water partition coefficient (Wildman–Crippen LogP) is 2.77. The number of ether oxygens (including phenoxy) is 1. The summed E-state index contributed by atoms with van der Waals surface area (Å²) in [5, 5.41) is 5.49. The fourth-order valence-electron chi connectivity index (χ4n) is 2.12. The molecule has 0 fully saturated rings. The Balaban J connectivity index is 1.89. The summed E-state index contributed by atoms with van der Waals surface area (Å²) in [5.41, 5.74) is 2.40. The van der Waals surface area contributed by atoms with Crippen molar-refractivity contribution in [1.82, 2.24) is 10.3 Å². The largest absolute Gasteiger partial charge is 0.478 e. The van der Waals surface area contributed by atoms with Crippen molar-refractivity contribution in [3.63, 3.8) is 0 Å². The van der Waals surface area contributed by atoms with E-state index in [9.17, 15) is 9.59 Å². The van der Waals surface area contributed by atoms with E-state index in [1.54, 1.807) is 30.5 Å². The molecule has 0 aliphatic rings. The zero-order valence-electron chi connectivity index (χ0n) is 14.3. The molecule has 0 aliphatic carbocycles. The van der Waals surface area contributed by atoms with Gasteiger partial charge in [0.25, 0.3) is 0 Å². The van der Waals surface area contributed by atoms with E-state index >= 15 is 0 Å². The second kappa shape index (κ2) is 9.22. The van der Waals surface area contributed by atoms with E-state index in [4.69, 9.17) is 4.74 Å². The van der Waals surface area contributed by atoms with Crippen molar-refractivity contribution >= 4 is 23.6 Å². The Morgan fingerprint density at radius 3 is 2.64 bits per heavy atom. The first-order valence-electron chi connectivity index (χ1n) is 7.98. The summed E-state index contributed by atoms with van der Waals surface area (Å²) in [6.45, 7) is 4.20. The smallest absolute Gasteiger partial charge is 0.244 e. The molecule has 130 valence electrons. The zero-order chi connectivity index (χ0) is 18.1. The van der Waals surface area contributed by atoms with Crippen molar-refractivity contribution in [1.29, 1.82) is 0 Å². The van der Waals surface area contributed by atoms with Crippen LogP contribution < -0.4 is 15.4 Å². The number of carbonyl (C=O) groups excluding carboxylic acids is 2. The number of nitrogens with one attached hydrogen (secondary N) is 2. The molecule has 25 heavy (non-hydrogen) atoms. The van der Waals surface area contributed by atoms with Crippen LogP contribution >= 0.6 is 0 Å². The summed E-state index contributed by atoms with van der Waals surface area (Å²) in [6.07, 6.45) is 4.82. The molecule has 0 saturated carbocycles. The van der Waals surface area contributed by atoms with Crippen LogP contribution in [0.3, 0.4) is 0 Å². The lowest BCUT2D eigenvalue weighted by molar-refractivity contribution is -0.116. The molecule has 0 spiro atoms. The third kappa shape index (κ3) is 6.10. The molecule has 6 heteroatoms. The Bertz CT molecular complexity index is 755. The topological polar surface area (TPSA) is 80.3 Å². The average molecular weight is 339 g/mol. The van der Waals surface area contributed by atoms with Crippen molar-refractivity contribution in [2.75, 3.05) is 11.9 Å². The number of hydrogen-bond donors (Lipinski definition) is 2. The Morgan fingerprint density at radius 1 is 1.20 bits per heavy atom. The van der Waals surface area contributed by atoms with E-state index in [1.807, 2.05) is 25.1 Å². The van der Waals surface area contributed by atoms with Gasteiger partial charge in [-0.1, -0.05) is 18.2 Å². The Kier molecular flexibility index (Phi) is 6.71. The number of amides is 2. The molecule has 1 aromatic heterocycles. The fraction of sp³-hybridized carbons (Fsp3) is 0.211. The van der Waals surface area contributed by atoms with Gasteiger partial charge in [-0.2, -0.15) is 0 Å². The molecule has 0 aliphatic heterocycles. The van der Waals surface area contributed by atoms with Crippen LogP contribution in [0.15, 0.2) is 48.7 Å². The number of nitrogens with zero attached hydrogens (tertiary/aromatic N) is 1. The lowest BCUT2D eigenvalue weighted by Crippen LogP contribution is -2.20. The van der Waals surface area contributed by atoms with Crippen LogP contribution in [0.4, 0.5) is 5.69 Å². The number of benzene rings is 1. The van der Waals surface area contributed by atoms with Crippen LogP contribution in [0.1, 0.15) is 25.0 Å². The summed E-state index contributed by atoms with van der Waals surface area (Å²) in [6, 6.07) is 10.9. The molecule has 0 bridgehead atoms. The van der Waals surface area contributed by atoms with Crippen LogP contribution in [0.2, 0.25) is 0 Å². The Labute approximate surface area is 146 Å². The van der Waals surface area contributed by atoms with E-state index < -0.39 is 0 Å². The van der Waals surface area contributed by atoms with E-state index in [1.165, 1.54) is 13.0 Å². The molecule has 2 N–H and O–H groups in total. The first kappa shape index (κ1) is 18.2. The Morgan fingerprint density at radius 2 is 1.96 bits per heavy atom. The standard InChI is InChI=1S/C19H21N3O3/c1-3-25-19-16(5-4-12-20-19)13-21-18(24)11-8-15-6-9-17(10-7-15)22-14(2)23/h4-12H,3,13H2,1-2H3,(H,21,24)(H,22,23)/b11-8+. The quantitative estimate of drug-likeness (QED) is 0.760. The third-order valence-electron chi connectivity index (χ3n) is 3.24. The first-order valence-corrected chi connectivity index (χ1v) is 7.98. The second-order valence-corrected chi connectivity index (χ2v) is 5.26. The number of anilines is 1. The summed E-state index contributed by atoms with van der Waals surface area (Å²) >= 11 is 0. The highest BCUT2D eigenvalue weighted by molar-refractivity contribution is 5.92. The molecule has 0 atom stereocenters. The second-order valence-electron chi connectivity index (χ2n) is 5.26. The maximum Gasteiger partial charge on any atom is 0.244 e. The molecular weight excluding hydrogens is 318 g/mol. The third-order valence-corrected chi connectivity index (χ3v) is 3.24. The van der Waals surface area contributed by atoms with E-state index in [-0.39, 0.29) is 11.8 Å². The van der Waals surface area contributed by atoms with Crippen molar-refractivity contribution in [2.45, 2.75) is 20.4 Å². The van der Waals surface area contributed by atoms with Crippen molar-refractivity contribution in [3.8, 4) is 5.88 Å². The normalized spacial score (nSPS) is 10.5. The van der Waals surface area contributed by atoms with Gasteiger partial charge in [-0.15, -0.1) is 0 Å². The molecule has 2 rings (SSSR count). The van der Waals surface area contributed by atoms with Crippen LogP contribution in [-0.4, -0.2) is 23.4 Å². The first-order chi connectivity index (χ1) is 12.1. The molecule has 0 unspecified atom stereocenters. The highest BCUT2D eigenvalue weighted by Gasteiger charge is 2.05. The maximum absolute atomic E-state index is 12.0. The van der Waals surface area contributed by atoms with Gasteiger partial charge in [0.05, 0.1) is 6.61 Å². The predicted molar refractivity (Wildman–Crippen MR) is 97.0 cm³/mol. The van der Waals surface area contributed by atoms with Gasteiger partial charge in [-0.3, -0.25) is 9.59 Å². The summed E-state index contributed by atoms with van der Waals surface area (Å²) < 4.78 is 5.43. The van der Waals surface area contributed by atoms with Crippen LogP contribution in [0.5, 0.6) is 5.88 Å². The summed E-state index contributed by atoms with van der Waals surface area (Å²) in [5.74, 6) is 0.199. The number of rotatable bonds is 7. The number of carbonyl (C=O) groups is 2. The van der Waals surface area contributed by atoms with Gasteiger partial charge in [-0.25, -0.2) is 4.98 Å². The minimum Gasteiger partial charge on any atom is -0.478 e. The molecule has 2 amide bonds. The summed E-state index contributed by atoms with van der Waals surface area (Å²) in [4.78, 5) is 27.1. The van der Waals surface area contributed by atoms with Gasteiger partial charge in [0.1, 0.15) is 0 Å². The molecule has 0 radical (unpaired) electrons. The molecule has 2 aromatic rings. The van der Waals surface area contributed by atoms with Gasteiger partial charge in [0.15, 0.2) is 0 Å². The number of aromatic nitrogens is 1. The highest BCUT2D eigenvalue weighted by atomic mass is 16.5. The van der Waals surface area contributed by atoms with Gasteiger partial charge in [0, 0.05) is 37.0 Å². The minimum atomic E-state index is -0.211. The molecule has 0 saturated heterocycles. The van der Waals surface area contributed by atoms with Crippen LogP contribution in [-0.2, 0) is 16.1 Å². The molecular formula is C19H21N3O3. The monoisotopic (exact) mass is 339 g/mol. The lowest BCUT2D eigenvalue weighted by Gasteiger charge is -2.08. The number of pyridine rings is 1. The highest BCUT2D eigenvalue weighted by Crippen LogP contribution is 2.14. The zero-order valence-corrected chi connectivity index (χ0v) is 14.3. The van der Waals surface area contributed by atoms with Gasteiger partial charge in [0.2, 0.25) is 17.7 Å². The van der Waals surface area contributed by atoms with E-state index in [2.05, 4.69) is 15.6 Å². The summed E-state index contributed by atoms with van der Waals surface area (Å²) in [7, 11) is 0. The van der Waals surface area contributed by atoms with Crippen molar-refractivity contribution in [2.24, 2.45) is 0 Å². The maximum atomic E-state index is 12.0. The molecule has 1 aromatic carbocycles. The minimum absolute atomic E-state index is 0.121. The molecule has 1 heterocycles. The number of hydrogen-bond acceptors (Lipinski definition) is 4. The van der Waals surface area contributed by atoms with Crippen LogP contribution in [0.25, 0.3) is 6.08 Å². The fourth-order valence-corrected chi connectivity index (χ4v) is 2.12. The van der Waals surface area contributed by atoms with Crippen LogP contribution in [0, 0.1) is 0 Å². The van der Waals surface area contributed by atoms with Crippen molar-refractivity contribution in [3.05, 3.63) is 59.8 Å². The van der Waals surface area contributed by atoms with Gasteiger partial charge < -0.3 is 15.4 Å². The van der Waals surface area contributed by atoms with Crippen molar-refractivity contribution < 1.29 is 14.3 Å². The lowest BCUT2D eigenvalue weighted by atomic mass is 10.2.